The Hall–Kier alpha value is -0.640. The molecule has 2 aromatic heterocycles. The second kappa shape index (κ2) is 3.74. The zero-order valence-corrected chi connectivity index (χ0v) is 11.0. The van der Waals surface area contributed by atoms with Crippen molar-refractivity contribution in [1.29, 1.82) is 0 Å². The molecule has 0 fully saturated rings. The highest BCUT2D eigenvalue weighted by molar-refractivity contribution is 9.11. The number of thiophene rings is 2. The molecule has 0 atom stereocenters. The number of hydrogen-bond donors (Lipinski definition) is 0. The van der Waals surface area contributed by atoms with Gasteiger partial charge < -0.3 is 0 Å². The van der Waals surface area contributed by atoms with Crippen molar-refractivity contribution in [3.63, 3.8) is 0 Å². The van der Waals surface area contributed by atoms with Gasteiger partial charge in [0, 0.05) is 14.5 Å². The third-order valence-corrected chi connectivity index (χ3v) is 5.18. The Morgan fingerprint density at radius 1 is 0.867 bits per heavy atom. The Balaban J connectivity index is 2.19. The van der Waals surface area contributed by atoms with E-state index in [2.05, 4.69) is 58.4 Å². The molecule has 0 N–H and O–H groups in total. The monoisotopic (exact) mass is 294 g/mol. The number of halogens is 1. The maximum Gasteiger partial charge on any atom is 0.0705 e. The van der Waals surface area contributed by atoms with Gasteiger partial charge in [0.05, 0.1) is 3.79 Å². The lowest BCUT2D eigenvalue weighted by atomic mass is 10.2. The summed E-state index contributed by atoms with van der Waals surface area (Å²) in [6.07, 6.45) is 0. The van der Waals surface area contributed by atoms with Crippen LogP contribution in [-0.4, -0.2) is 0 Å². The molecule has 0 aliphatic heterocycles. The number of benzene rings is 1. The van der Waals surface area contributed by atoms with Gasteiger partial charge in [-0.15, -0.1) is 22.7 Å². The smallest absolute Gasteiger partial charge is 0.0705 e. The fraction of sp³-hybridized carbons (Fsp3) is 0. The first-order valence-electron chi connectivity index (χ1n) is 4.57. The van der Waals surface area contributed by atoms with E-state index in [1.807, 2.05) is 11.3 Å². The molecule has 0 bridgehead atoms. The van der Waals surface area contributed by atoms with Crippen LogP contribution in [0.25, 0.3) is 19.8 Å². The van der Waals surface area contributed by atoms with Crippen molar-refractivity contribution in [3.05, 3.63) is 46.3 Å². The summed E-state index contributed by atoms with van der Waals surface area (Å²) in [6.45, 7) is 0. The van der Waals surface area contributed by atoms with Gasteiger partial charge in [-0.05, 0) is 45.6 Å². The van der Waals surface area contributed by atoms with Gasteiger partial charge in [-0.1, -0.05) is 18.2 Å². The van der Waals surface area contributed by atoms with Crippen LogP contribution in [0, 0.1) is 0 Å². The van der Waals surface area contributed by atoms with Crippen molar-refractivity contribution in [3.8, 4) is 9.75 Å². The Kier molecular flexibility index (Phi) is 2.39. The van der Waals surface area contributed by atoms with E-state index in [1.54, 1.807) is 11.3 Å². The number of fused-ring (bicyclic) bond motifs is 1. The average Bonchev–Trinajstić information content (AvgIpc) is 2.82. The van der Waals surface area contributed by atoms with Crippen molar-refractivity contribution in [2.45, 2.75) is 0 Å². The lowest BCUT2D eigenvalue weighted by Crippen LogP contribution is -1.58. The van der Waals surface area contributed by atoms with Gasteiger partial charge in [0.25, 0.3) is 0 Å². The maximum atomic E-state index is 3.50. The van der Waals surface area contributed by atoms with Gasteiger partial charge in [0.15, 0.2) is 0 Å². The van der Waals surface area contributed by atoms with E-state index in [-0.39, 0.29) is 0 Å². The number of rotatable bonds is 1. The van der Waals surface area contributed by atoms with Crippen LogP contribution in [0.2, 0.25) is 0 Å². The molecule has 0 aliphatic carbocycles. The molecule has 74 valence electrons. The third kappa shape index (κ3) is 1.75. The fourth-order valence-corrected chi connectivity index (χ4v) is 4.08. The van der Waals surface area contributed by atoms with Gasteiger partial charge in [-0.3, -0.25) is 0 Å². The molecule has 0 radical (unpaired) electrons. The zero-order chi connectivity index (χ0) is 10.3. The molecular formula is C12H7BrS2. The predicted molar refractivity (Wildman–Crippen MR) is 72.8 cm³/mol. The molecule has 0 nitrogen and oxygen atoms in total. The summed E-state index contributed by atoms with van der Waals surface area (Å²) in [5.41, 5.74) is 0. The molecule has 2 heterocycles. The van der Waals surface area contributed by atoms with E-state index in [4.69, 9.17) is 0 Å². The van der Waals surface area contributed by atoms with Crippen LogP contribution in [-0.2, 0) is 0 Å². The lowest BCUT2D eigenvalue weighted by molar-refractivity contribution is 1.85. The van der Waals surface area contributed by atoms with Crippen LogP contribution in [0.15, 0.2) is 46.3 Å². The predicted octanol–water partition coefficient (Wildman–Crippen LogP) is 5.39. The molecule has 3 rings (SSSR count). The third-order valence-electron chi connectivity index (χ3n) is 2.24. The van der Waals surface area contributed by atoms with E-state index in [0.29, 0.717) is 0 Å². The zero-order valence-electron chi connectivity index (χ0n) is 7.74. The molecule has 0 unspecified atom stereocenters. The Morgan fingerprint density at radius 2 is 1.73 bits per heavy atom. The minimum atomic E-state index is 1.19. The molecule has 3 heteroatoms. The van der Waals surface area contributed by atoms with Crippen LogP contribution < -0.4 is 0 Å². The van der Waals surface area contributed by atoms with Gasteiger partial charge in [0.2, 0.25) is 0 Å². The van der Waals surface area contributed by atoms with Crippen molar-refractivity contribution >= 4 is 48.7 Å². The fourth-order valence-electron chi connectivity index (χ4n) is 1.55. The normalized spacial score (nSPS) is 11.0. The van der Waals surface area contributed by atoms with Crippen LogP contribution in [0.3, 0.4) is 0 Å². The molecule has 0 spiro atoms. The topological polar surface area (TPSA) is 0 Å². The summed E-state index contributed by atoms with van der Waals surface area (Å²) in [5.74, 6) is 0. The summed E-state index contributed by atoms with van der Waals surface area (Å²) < 4.78 is 2.55. The maximum absolute atomic E-state index is 3.50. The second-order valence-electron chi connectivity index (χ2n) is 3.25. The Morgan fingerprint density at radius 3 is 2.47 bits per heavy atom. The van der Waals surface area contributed by atoms with E-state index >= 15 is 0 Å². The van der Waals surface area contributed by atoms with Crippen molar-refractivity contribution in [2.24, 2.45) is 0 Å². The molecule has 3 aromatic rings. The molecule has 0 saturated heterocycles. The van der Waals surface area contributed by atoms with E-state index in [1.165, 1.54) is 23.6 Å². The van der Waals surface area contributed by atoms with Gasteiger partial charge in [-0.25, -0.2) is 0 Å². The summed E-state index contributed by atoms with van der Waals surface area (Å²) in [4.78, 5) is 2.69. The van der Waals surface area contributed by atoms with Gasteiger partial charge in [-0.2, -0.15) is 0 Å². The second-order valence-corrected chi connectivity index (χ2v) is 6.80. The van der Waals surface area contributed by atoms with Crippen molar-refractivity contribution < 1.29 is 0 Å². The van der Waals surface area contributed by atoms with Gasteiger partial charge in [0.1, 0.15) is 0 Å². The quantitative estimate of drug-likeness (QED) is 0.564. The molecule has 15 heavy (non-hydrogen) atoms. The summed E-state index contributed by atoms with van der Waals surface area (Å²) in [5, 5.41) is 1.34. The van der Waals surface area contributed by atoms with E-state index < -0.39 is 0 Å². The van der Waals surface area contributed by atoms with Crippen molar-refractivity contribution in [2.75, 3.05) is 0 Å². The van der Waals surface area contributed by atoms with Crippen LogP contribution in [0.1, 0.15) is 0 Å². The first-order chi connectivity index (χ1) is 7.33. The highest BCUT2D eigenvalue weighted by Gasteiger charge is 2.05. The van der Waals surface area contributed by atoms with Gasteiger partial charge >= 0.3 is 0 Å². The minimum Gasteiger partial charge on any atom is -0.134 e. The first kappa shape index (κ1) is 9.58. The SMILES string of the molecule is Brc1ccc(-c2cc3ccccc3s2)s1. The summed E-state index contributed by atoms with van der Waals surface area (Å²) >= 11 is 7.13. The molecule has 0 aliphatic rings. The number of hydrogen-bond acceptors (Lipinski definition) is 2. The van der Waals surface area contributed by atoms with E-state index in [9.17, 15) is 0 Å². The Labute approximate surface area is 104 Å². The first-order valence-corrected chi connectivity index (χ1v) is 7.00. The molecule has 0 saturated carbocycles. The standard InChI is InChI=1S/C12H7BrS2/c13-12-6-5-10(15-12)11-7-8-3-1-2-4-9(8)14-11/h1-7H. The highest BCUT2D eigenvalue weighted by Crippen LogP contribution is 2.38. The Bertz CT molecular complexity index is 574. The average molecular weight is 295 g/mol. The lowest BCUT2D eigenvalue weighted by Gasteiger charge is -1.86. The molecule has 1 aromatic carbocycles. The van der Waals surface area contributed by atoms with E-state index in [0.717, 1.165) is 0 Å². The summed E-state index contributed by atoms with van der Waals surface area (Å²) in [6, 6.07) is 15.0. The van der Waals surface area contributed by atoms with Crippen LogP contribution in [0.4, 0.5) is 0 Å². The molecular weight excluding hydrogens is 288 g/mol. The van der Waals surface area contributed by atoms with Crippen molar-refractivity contribution in [1.82, 2.24) is 0 Å². The molecule has 0 amide bonds. The van der Waals surface area contributed by atoms with Crippen LogP contribution in [0.5, 0.6) is 0 Å². The van der Waals surface area contributed by atoms with Crippen LogP contribution >= 0.6 is 38.6 Å². The largest absolute Gasteiger partial charge is 0.134 e. The highest BCUT2D eigenvalue weighted by atomic mass is 79.9. The minimum absolute atomic E-state index is 1.19. The summed E-state index contributed by atoms with van der Waals surface area (Å²) in [7, 11) is 0.